The van der Waals surface area contributed by atoms with Crippen LogP contribution in [0.2, 0.25) is 0 Å². The van der Waals surface area contributed by atoms with Gasteiger partial charge in [0.25, 0.3) is 0 Å². The number of carbonyl (C=O) groups is 1. The first kappa shape index (κ1) is 12.5. The third-order valence-electron chi connectivity index (χ3n) is 2.44. The van der Waals surface area contributed by atoms with Gasteiger partial charge in [-0.1, -0.05) is 6.07 Å². The quantitative estimate of drug-likeness (QED) is 0.346. The van der Waals surface area contributed by atoms with Gasteiger partial charge in [-0.15, -0.1) is 0 Å². The number of nitrogens with two attached hydrogens (primary N) is 1. The van der Waals surface area contributed by atoms with Crippen LogP contribution in [0.15, 0.2) is 12.1 Å². The maximum Gasteiger partial charge on any atom is 0.488 e. The standard InChI is InChI=1S/C10H14BNO4/c1-6-7(4-10(13)16-2)3-8(11(14)15)5-9(6)12/h3,5,14-15H,4,12H2,1-2H3. The molecule has 0 atom stereocenters. The van der Waals surface area contributed by atoms with Crippen molar-refractivity contribution < 1.29 is 19.6 Å². The first-order valence-electron chi connectivity index (χ1n) is 4.77. The molecule has 1 rings (SSSR count). The summed E-state index contributed by atoms with van der Waals surface area (Å²) in [6.07, 6.45) is 0.0626. The van der Waals surface area contributed by atoms with E-state index < -0.39 is 13.1 Å². The maximum absolute atomic E-state index is 11.1. The predicted octanol–water partition coefficient (Wildman–Crippen LogP) is -1.03. The molecular formula is C10H14BNO4. The highest BCUT2D eigenvalue weighted by Crippen LogP contribution is 2.15. The van der Waals surface area contributed by atoms with Crippen molar-refractivity contribution in [3.8, 4) is 0 Å². The number of carbonyl (C=O) groups excluding carboxylic acids is 1. The highest BCUT2D eigenvalue weighted by atomic mass is 16.5. The van der Waals surface area contributed by atoms with Crippen molar-refractivity contribution in [3.05, 3.63) is 23.3 Å². The van der Waals surface area contributed by atoms with Crippen molar-refractivity contribution in [2.75, 3.05) is 12.8 Å². The van der Waals surface area contributed by atoms with Gasteiger partial charge in [0.2, 0.25) is 0 Å². The number of anilines is 1. The van der Waals surface area contributed by atoms with Crippen LogP contribution >= 0.6 is 0 Å². The fourth-order valence-corrected chi connectivity index (χ4v) is 1.38. The lowest BCUT2D eigenvalue weighted by molar-refractivity contribution is -0.139. The molecule has 0 radical (unpaired) electrons. The second-order valence-electron chi connectivity index (χ2n) is 3.52. The van der Waals surface area contributed by atoms with Crippen LogP contribution in [0, 0.1) is 6.92 Å². The Morgan fingerprint density at radius 3 is 2.62 bits per heavy atom. The van der Waals surface area contributed by atoms with E-state index in [-0.39, 0.29) is 11.9 Å². The van der Waals surface area contributed by atoms with E-state index in [4.69, 9.17) is 15.8 Å². The van der Waals surface area contributed by atoms with Crippen LogP contribution in [0.25, 0.3) is 0 Å². The third kappa shape index (κ3) is 2.74. The lowest BCUT2D eigenvalue weighted by atomic mass is 9.78. The Bertz CT molecular complexity index is 406. The largest absolute Gasteiger partial charge is 0.488 e. The molecule has 5 nitrogen and oxygen atoms in total. The van der Waals surface area contributed by atoms with Crippen molar-refractivity contribution >= 4 is 24.2 Å². The molecule has 0 aliphatic rings. The van der Waals surface area contributed by atoms with Gasteiger partial charge in [0.1, 0.15) is 0 Å². The second kappa shape index (κ2) is 5.00. The van der Waals surface area contributed by atoms with Gasteiger partial charge in [-0.2, -0.15) is 0 Å². The molecule has 0 heterocycles. The van der Waals surface area contributed by atoms with Gasteiger partial charge in [-0.25, -0.2) is 0 Å². The summed E-state index contributed by atoms with van der Waals surface area (Å²) in [5.41, 5.74) is 7.77. The molecule has 1 aromatic carbocycles. The number of methoxy groups -OCH3 is 1. The van der Waals surface area contributed by atoms with Crippen LogP contribution in [-0.2, 0) is 16.0 Å². The number of nitrogen functional groups attached to an aromatic ring is 1. The molecule has 0 fully saturated rings. The van der Waals surface area contributed by atoms with Crippen LogP contribution in [0.5, 0.6) is 0 Å². The third-order valence-corrected chi connectivity index (χ3v) is 2.44. The van der Waals surface area contributed by atoms with Crippen molar-refractivity contribution in [3.63, 3.8) is 0 Å². The maximum atomic E-state index is 11.1. The summed E-state index contributed by atoms with van der Waals surface area (Å²) in [5, 5.41) is 18.1. The van der Waals surface area contributed by atoms with Gasteiger partial charge in [-0.05, 0) is 29.6 Å². The summed E-state index contributed by atoms with van der Waals surface area (Å²) >= 11 is 0. The van der Waals surface area contributed by atoms with Gasteiger partial charge in [0.15, 0.2) is 0 Å². The molecule has 16 heavy (non-hydrogen) atoms. The minimum absolute atomic E-state index is 0.0626. The summed E-state index contributed by atoms with van der Waals surface area (Å²) < 4.78 is 4.54. The molecular weight excluding hydrogens is 209 g/mol. The molecule has 0 aromatic heterocycles. The summed E-state index contributed by atoms with van der Waals surface area (Å²) in [6.45, 7) is 1.77. The van der Waals surface area contributed by atoms with E-state index in [0.717, 1.165) is 5.56 Å². The van der Waals surface area contributed by atoms with E-state index in [0.29, 0.717) is 11.3 Å². The molecule has 0 saturated heterocycles. The second-order valence-corrected chi connectivity index (χ2v) is 3.52. The minimum atomic E-state index is -1.60. The van der Waals surface area contributed by atoms with Crippen LogP contribution in [-0.4, -0.2) is 30.2 Å². The molecule has 0 aliphatic carbocycles. The molecule has 0 bridgehead atoms. The number of rotatable bonds is 3. The molecule has 1 aromatic rings. The average Bonchev–Trinajstić information content (AvgIpc) is 2.23. The first-order chi connectivity index (χ1) is 7.45. The van der Waals surface area contributed by atoms with E-state index in [9.17, 15) is 4.79 Å². The first-order valence-corrected chi connectivity index (χ1v) is 4.77. The lowest BCUT2D eigenvalue weighted by Gasteiger charge is -2.10. The predicted molar refractivity (Wildman–Crippen MR) is 61.1 cm³/mol. The Balaban J connectivity index is 3.11. The van der Waals surface area contributed by atoms with Crippen molar-refractivity contribution in [2.24, 2.45) is 0 Å². The van der Waals surface area contributed by atoms with Crippen molar-refractivity contribution in [2.45, 2.75) is 13.3 Å². The van der Waals surface area contributed by atoms with Crippen LogP contribution < -0.4 is 11.2 Å². The fourth-order valence-electron chi connectivity index (χ4n) is 1.38. The Morgan fingerprint density at radius 1 is 1.50 bits per heavy atom. The van der Waals surface area contributed by atoms with Gasteiger partial charge < -0.3 is 20.5 Å². The van der Waals surface area contributed by atoms with E-state index >= 15 is 0 Å². The zero-order chi connectivity index (χ0) is 12.3. The van der Waals surface area contributed by atoms with E-state index in [1.807, 2.05) is 0 Å². The van der Waals surface area contributed by atoms with Crippen molar-refractivity contribution in [1.29, 1.82) is 0 Å². The number of ether oxygens (including phenoxy) is 1. The zero-order valence-electron chi connectivity index (χ0n) is 9.23. The van der Waals surface area contributed by atoms with E-state index in [1.165, 1.54) is 19.2 Å². The molecule has 0 saturated carbocycles. The van der Waals surface area contributed by atoms with Crippen LogP contribution in [0.3, 0.4) is 0 Å². The Hall–Kier alpha value is -1.53. The SMILES string of the molecule is COC(=O)Cc1cc(B(O)O)cc(N)c1C. The monoisotopic (exact) mass is 223 g/mol. The Labute approximate surface area is 94.0 Å². The topological polar surface area (TPSA) is 92.8 Å². The van der Waals surface area contributed by atoms with E-state index in [1.54, 1.807) is 6.92 Å². The normalized spacial score (nSPS) is 10.0. The summed E-state index contributed by atoms with van der Waals surface area (Å²) in [6, 6.07) is 3.01. The number of hydrogen-bond donors (Lipinski definition) is 3. The summed E-state index contributed by atoms with van der Waals surface area (Å²) in [7, 11) is -0.300. The van der Waals surface area contributed by atoms with Crippen LogP contribution in [0.1, 0.15) is 11.1 Å². The molecule has 0 amide bonds. The van der Waals surface area contributed by atoms with Gasteiger partial charge in [0, 0.05) is 5.69 Å². The molecule has 0 aliphatic heterocycles. The molecule has 6 heteroatoms. The lowest BCUT2D eigenvalue weighted by Crippen LogP contribution is -2.31. The average molecular weight is 223 g/mol. The number of hydrogen-bond acceptors (Lipinski definition) is 5. The van der Waals surface area contributed by atoms with E-state index in [2.05, 4.69) is 4.74 Å². The number of esters is 1. The molecule has 86 valence electrons. The summed E-state index contributed by atoms with van der Waals surface area (Å²) in [5.74, 6) is -0.396. The number of benzene rings is 1. The molecule has 0 unspecified atom stereocenters. The Morgan fingerprint density at radius 2 is 2.12 bits per heavy atom. The van der Waals surface area contributed by atoms with Gasteiger partial charge in [0.05, 0.1) is 13.5 Å². The van der Waals surface area contributed by atoms with Gasteiger partial charge >= 0.3 is 13.1 Å². The molecule has 0 spiro atoms. The highest BCUT2D eigenvalue weighted by Gasteiger charge is 2.16. The fraction of sp³-hybridized carbons (Fsp3) is 0.300. The van der Waals surface area contributed by atoms with Crippen LogP contribution in [0.4, 0.5) is 5.69 Å². The molecule has 4 N–H and O–H groups in total. The van der Waals surface area contributed by atoms with Crippen molar-refractivity contribution in [1.82, 2.24) is 0 Å². The minimum Gasteiger partial charge on any atom is -0.469 e. The smallest absolute Gasteiger partial charge is 0.469 e. The zero-order valence-corrected chi connectivity index (χ0v) is 9.23. The Kier molecular flexibility index (Phi) is 3.92. The van der Waals surface area contributed by atoms with Gasteiger partial charge in [-0.3, -0.25) is 4.79 Å². The highest BCUT2D eigenvalue weighted by molar-refractivity contribution is 6.58. The summed E-state index contributed by atoms with van der Waals surface area (Å²) in [4.78, 5) is 11.1.